The van der Waals surface area contributed by atoms with E-state index in [9.17, 15) is 0 Å². The maximum atomic E-state index is 5.87. The normalized spacial score (nSPS) is 10.2. The van der Waals surface area contributed by atoms with Crippen molar-refractivity contribution in [1.29, 1.82) is 0 Å². The molecule has 2 heteroatoms. The molecule has 0 unspecified atom stereocenters. The molecular formula is C14H13BrO. The van der Waals surface area contributed by atoms with E-state index >= 15 is 0 Å². The first kappa shape index (κ1) is 11.2. The van der Waals surface area contributed by atoms with Gasteiger partial charge in [0.25, 0.3) is 0 Å². The van der Waals surface area contributed by atoms with Crippen molar-refractivity contribution in [1.82, 2.24) is 0 Å². The van der Waals surface area contributed by atoms with Crippen molar-refractivity contribution in [2.24, 2.45) is 0 Å². The van der Waals surface area contributed by atoms with Crippen LogP contribution in [0.25, 0.3) is 0 Å². The van der Waals surface area contributed by atoms with E-state index < -0.39 is 0 Å². The molecule has 0 fully saturated rings. The number of para-hydroxylation sites is 1. The lowest BCUT2D eigenvalue weighted by molar-refractivity contribution is 0.475. The second-order valence-corrected chi connectivity index (χ2v) is 4.69. The molecule has 0 bridgehead atoms. The Kier molecular flexibility index (Phi) is 3.30. The van der Waals surface area contributed by atoms with Crippen molar-refractivity contribution in [3.63, 3.8) is 0 Å². The first-order chi connectivity index (χ1) is 7.66. The van der Waals surface area contributed by atoms with Gasteiger partial charge in [-0.2, -0.15) is 0 Å². The first-order valence-electron chi connectivity index (χ1n) is 5.16. The Bertz CT molecular complexity index is 506. The van der Waals surface area contributed by atoms with Crippen molar-refractivity contribution >= 4 is 15.9 Å². The second-order valence-electron chi connectivity index (χ2n) is 3.78. The van der Waals surface area contributed by atoms with E-state index in [4.69, 9.17) is 4.74 Å². The minimum atomic E-state index is 0.900. The summed E-state index contributed by atoms with van der Waals surface area (Å²) in [6.45, 7) is 4.09. The molecule has 0 aliphatic rings. The summed E-state index contributed by atoms with van der Waals surface area (Å²) in [6, 6.07) is 14.0. The largest absolute Gasteiger partial charge is 0.457 e. The SMILES string of the molecule is Cc1ccccc1Oc1ccc(Br)cc1C. The summed E-state index contributed by atoms with van der Waals surface area (Å²) in [4.78, 5) is 0. The third-order valence-electron chi connectivity index (χ3n) is 2.45. The maximum absolute atomic E-state index is 5.87. The molecule has 0 heterocycles. The summed E-state index contributed by atoms with van der Waals surface area (Å²) in [5, 5.41) is 0. The van der Waals surface area contributed by atoms with Crippen molar-refractivity contribution in [3.05, 3.63) is 58.1 Å². The second kappa shape index (κ2) is 4.71. The lowest BCUT2D eigenvalue weighted by atomic mass is 10.2. The summed E-state index contributed by atoms with van der Waals surface area (Å²) >= 11 is 3.44. The highest BCUT2D eigenvalue weighted by Crippen LogP contribution is 2.29. The number of rotatable bonds is 2. The van der Waals surface area contributed by atoms with Crippen molar-refractivity contribution < 1.29 is 4.74 Å². The molecule has 16 heavy (non-hydrogen) atoms. The highest BCUT2D eigenvalue weighted by Gasteiger charge is 2.03. The van der Waals surface area contributed by atoms with Gasteiger partial charge in [0.05, 0.1) is 0 Å². The number of aryl methyl sites for hydroxylation is 2. The Morgan fingerprint density at radius 2 is 1.56 bits per heavy atom. The van der Waals surface area contributed by atoms with Gasteiger partial charge >= 0.3 is 0 Å². The zero-order chi connectivity index (χ0) is 11.5. The number of ether oxygens (including phenoxy) is 1. The van der Waals surface area contributed by atoms with Crippen molar-refractivity contribution in [2.75, 3.05) is 0 Å². The van der Waals surface area contributed by atoms with Gasteiger partial charge in [0.1, 0.15) is 11.5 Å². The minimum absolute atomic E-state index is 0.900. The standard InChI is InChI=1S/C14H13BrO/c1-10-5-3-4-6-13(10)16-14-8-7-12(15)9-11(14)2/h3-9H,1-2H3. The minimum Gasteiger partial charge on any atom is -0.457 e. The van der Waals surface area contributed by atoms with Gasteiger partial charge in [-0.15, -0.1) is 0 Å². The predicted octanol–water partition coefficient (Wildman–Crippen LogP) is 4.86. The molecule has 0 saturated carbocycles. The summed E-state index contributed by atoms with van der Waals surface area (Å²) in [6.07, 6.45) is 0. The topological polar surface area (TPSA) is 9.23 Å². The van der Waals surface area contributed by atoms with E-state index in [1.807, 2.05) is 56.3 Å². The molecule has 82 valence electrons. The quantitative estimate of drug-likeness (QED) is 0.761. The fraction of sp³-hybridized carbons (Fsp3) is 0.143. The third-order valence-corrected chi connectivity index (χ3v) is 2.94. The van der Waals surface area contributed by atoms with Crippen LogP contribution in [0.5, 0.6) is 11.5 Å². The lowest BCUT2D eigenvalue weighted by Crippen LogP contribution is -1.89. The van der Waals surface area contributed by atoms with Crippen LogP contribution in [-0.4, -0.2) is 0 Å². The molecular weight excluding hydrogens is 264 g/mol. The van der Waals surface area contributed by atoms with Crippen LogP contribution in [0.2, 0.25) is 0 Å². The average molecular weight is 277 g/mol. The fourth-order valence-electron chi connectivity index (χ4n) is 1.52. The van der Waals surface area contributed by atoms with Gasteiger partial charge in [0.2, 0.25) is 0 Å². The Hall–Kier alpha value is -1.28. The Balaban J connectivity index is 2.31. The highest BCUT2D eigenvalue weighted by molar-refractivity contribution is 9.10. The smallest absolute Gasteiger partial charge is 0.130 e. The molecule has 0 amide bonds. The van der Waals surface area contributed by atoms with Gasteiger partial charge in [-0.25, -0.2) is 0 Å². The molecule has 0 atom stereocenters. The van der Waals surface area contributed by atoms with Gasteiger partial charge in [0, 0.05) is 4.47 Å². The Labute approximate surface area is 104 Å². The van der Waals surface area contributed by atoms with Crippen LogP contribution in [0.3, 0.4) is 0 Å². The molecule has 0 aliphatic carbocycles. The van der Waals surface area contributed by atoms with Crippen LogP contribution >= 0.6 is 15.9 Å². The van der Waals surface area contributed by atoms with E-state index in [0.717, 1.165) is 27.1 Å². The Morgan fingerprint density at radius 3 is 2.25 bits per heavy atom. The molecule has 2 aromatic rings. The lowest BCUT2D eigenvalue weighted by Gasteiger charge is -2.10. The van der Waals surface area contributed by atoms with Crippen LogP contribution in [0.15, 0.2) is 46.9 Å². The molecule has 0 aromatic heterocycles. The highest BCUT2D eigenvalue weighted by atomic mass is 79.9. The first-order valence-corrected chi connectivity index (χ1v) is 5.96. The zero-order valence-corrected chi connectivity index (χ0v) is 10.9. The van der Waals surface area contributed by atoms with Gasteiger partial charge in [-0.3, -0.25) is 0 Å². The molecule has 0 N–H and O–H groups in total. The van der Waals surface area contributed by atoms with Crippen LogP contribution in [0.1, 0.15) is 11.1 Å². The summed E-state index contributed by atoms with van der Waals surface area (Å²) in [5.74, 6) is 1.81. The van der Waals surface area contributed by atoms with Gasteiger partial charge in [-0.1, -0.05) is 34.1 Å². The fourth-order valence-corrected chi connectivity index (χ4v) is 1.99. The molecule has 0 saturated heterocycles. The summed E-state index contributed by atoms with van der Waals surface area (Å²) in [7, 11) is 0. The molecule has 0 spiro atoms. The molecule has 2 aromatic carbocycles. The van der Waals surface area contributed by atoms with Crippen LogP contribution in [0.4, 0.5) is 0 Å². The molecule has 1 nitrogen and oxygen atoms in total. The number of halogens is 1. The predicted molar refractivity (Wildman–Crippen MR) is 70.1 cm³/mol. The van der Waals surface area contributed by atoms with Crippen molar-refractivity contribution in [3.8, 4) is 11.5 Å². The number of hydrogen-bond acceptors (Lipinski definition) is 1. The van der Waals surface area contributed by atoms with E-state index in [1.54, 1.807) is 0 Å². The molecule has 0 radical (unpaired) electrons. The van der Waals surface area contributed by atoms with Crippen LogP contribution < -0.4 is 4.74 Å². The Morgan fingerprint density at radius 1 is 0.875 bits per heavy atom. The molecule has 2 rings (SSSR count). The van der Waals surface area contributed by atoms with Crippen molar-refractivity contribution in [2.45, 2.75) is 13.8 Å². The number of benzene rings is 2. The zero-order valence-electron chi connectivity index (χ0n) is 9.33. The van der Waals surface area contributed by atoms with Gasteiger partial charge < -0.3 is 4.74 Å². The van der Waals surface area contributed by atoms with Crippen LogP contribution in [-0.2, 0) is 0 Å². The van der Waals surface area contributed by atoms with E-state index in [1.165, 1.54) is 0 Å². The van der Waals surface area contributed by atoms with Gasteiger partial charge in [0.15, 0.2) is 0 Å². The molecule has 0 aliphatic heterocycles. The summed E-state index contributed by atoms with van der Waals surface area (Å²) in [5.41, 5.74) is 2.27. The van der Waals surface area contributed by atoms with E-state index in [-0.39, 0.29) is 0 Å². The summed E-state index contributed by atoms with van der Waals surface area (Å²) < 4.78 is 6.95. The average Bonchev–Trinajstić information content (AvgIpc) is 2.25. The monoisotopic (exact) mass is 276 g/mol. The van der Waals surface area contributed by atoms with E-state index in [2.05, 4.69) is 15.9 Å². The van der Waals surface area contributed by atoms with E-state index in [0.29, 0.717) is 0 Å². The van der Waals surface area contributed by atoms with Crippen LogP contribution in [0, 0.1) is 13.8 Å². The van der Waals surface area contributed by atoms with Gasteiger partial charge in [-0.05, 0) is 49.2 Å². The number of hydrogen-bond donors (Lipinski definition) is 0. The maximum Gasteiger partial charge on any atom is 0.130 e. The third kappa shape index (κ3) is 2.45.